The van der Waals surface area contributed by atoms with Crippen LogP contribution in [0.25, 0.3) is 5.57 Å². The second-order valence-corrected chi connectivity index (χ2v) is 10.6. The number of aldehydes is 1. The van der Waals surface area contributed by atoms with Crippen molar-refractivity contribution < 1.29 is 19.8 Å². The summed E-state index contributed by atoms with van der Waals surface area (Å²) in [4.78, 5) is 30.3. The quantitative estimate of drug-likeness (QED) is 0.0886. The van der Waals surface area contributed by atoms with Crippen LogP contribution in [-0.2, 0) is 22.6 Å². The Balaban J connectivity index is 0.00000243. The highest BCUT2D eigenvalue weighted by molar-refractivity contribution is 5.85. The van der Waals surface area contributed by atoms with Gasteiger partial charge in [-0.05, 0) is 67.4 Å². The van der Waals surface area contributed by atoms with E-state index >= 15 is 0 Å². The van der Waals surface area contributed by atoms with Gasteiger partial charge in [0.05, 0.1) is 6.10 Å². The predicted molar refractivity (Wildman–Crippen MR) is 188 cm³/mol. The van der Waals surface area contributed by atoms with E-state index in [4.69, 9.17) is 10.1 Å². The van der Waals surface area contributed by atoms with Gasteiger partial charge in [-0.3, -0.25) is 9.59 Å². The zero-order valence-electron chi connectivity index (χ0n) is 28.3. The number of allylic oxidation sites excluding steroid dienone is 5. The van der Waals surface area contributed by atoms with E-state index in [-0.39, 0.29) is 0 Å². The summed E-state index contributed by atoms with van der Waals surface area (Å²) in [6.45, 7) is 14.5. The van der Waals surface area contributed by atoms with E-state index in [0.29, 0.717) is 30.6 Å². The summed E-state index contributed by atoms with van der Waals surface area (Å²) in [6.07, 6.45) is 10.4. The third-order valence-electron chi connectivity index (χ3n) is 7.35. The van der Waals surface area contributed by atoms with Crippen LogP contribution in [0.15, 0.2) is 94.8 Å². The topological polar surface area (TPSA) is 102 Å². The lowest BCUT2D eigenvalue weighted by atomic mass is 9.89. The van der Waals surface area contributed by atoms with E-state index in [1.165, 1.54) is 0 Å². The lowest BCUT2D eigenvalue weighted by Crippen LogP contribution is -2.24. The van der Waals surface area contributed by atoms with Gasteiger partial charge in [-0.25, -0.2) is 4.99 Å². The number of rotatable bonds is 14. The Morgan fingerprint density at radius 2 is 1.73 bits per heavy atom. The first-order valence-corrected chi connectivity index (χ1v) is 15.8. The molecule has 2 aromatic carbocycles. The van der Waals surface area contributed by atoms with Crippen LogP contribution in [0, 0.1) is 0 Å². The maximum Gasteiger partial charge on any atom is 0.211 e. The van der Waals surface area contributed by atoms with Gasteiger partial charge in [-0.1, -0.05) is 94.5 Å². The number of unbranched alkanes of at least 4 members (excludes halogenated alkanes) is 1. The van der Waals surface area contributed by atoms with Crippen molar-refractivity contribution in [2.75, 3.05) is 14.2 Å². The molecule has 0 saturated heterocycles. The third kappa shape index (κ3) is 12.4. The molecular weight excluding hydrogens is 562 g/mol. The minimum absolute atomic E-state index is 0.501. The largest absolute Gasteiger partial charge is 0.400 e. The molecule has 0 saturated carbocycles. The smallest absolute Gasteiger partial charge is 0.211 e. The standard InChI is InChI=1S/C35H43N3O3.C2H6.CH4O/c1-6-7-15-35(37-27(4)38(5)22-29-11-10-12-31(21-29)26(3)41)32(23-39)20-28-16-18-30(19-17-28)34-14-9-8-13-33(34)25(2)36-24-40;2*1-2/h10-14,16-19,21,23-24,26,41H,2,6-9,15,20,22H2,1,3-5H3,(H,36,40);1-2H3;2H,1H3/b35-32-,37-27?;;. The average molecular weight is 616 g/mol. The number of nitrogens with one attached hydrogen (secondary N) is 1. The fourth-order valence-corrected chi connectivity index (χ4v) is 4.87. The molecule has 0 aliphatic heterocycles. The Bertz CT molecular complexity index is 1350. The lowest BCUT2D eigenvalue weighted by Gasteiger charge is -2.21. The fourth-order valence-electron chi connectivity index (χ4n) is 4.87. The van der Waals surface area contributed by atoms with Crippen molar-refractivity contribution in [2.24, 2.45) is 4.99 Å². The molecule has 0 aromatic heterocycles. The number of aliphatic hydroxyl groups is 2. The maximum absolute atomic E-state index is 12.3. The SMILES string of the molecule is C=C(NC=O)C1=CCCC=C1c1ccc(C/C(C=O)=C(\CCCC)N=C(C)N(C)Cc2cccc(C(C)O)c2)cc1.CC.CO. The highest BCUT2D eigenvalue weighted by atomic mass is 16.3. The second kappa shape index (κ2) is 21.6. The molecule has 0 fully saturated rings. The van der Waals surface area contributed by atoms with Crippen molar-refractivity contribution in [1.29, 1.82) is 0 Å². The Morgan fingerprint density at radius 3 is 2.33 bits per heavy atom. The minimum Gasteiger partial charge on any atom is -0.400 e. The van der Waals surface area contributed by atoms with Crippen LogP contribution >= 0.6 is 0 Å². The molecule has 1 amide bonds. The molecule has 1 aliphatic rings. The fraction of sp³-hybridized carbons (Fsp3) is 0.395. The summed E-state index contributed by atoms with van der Waals surface area (Å²) >= 11 is 0. The number of hydrogen-bond donors (Lipinski definition) is 3. The highest BCUT2D eigenvalue weighted by Crippen LogP contribution is 2.32. The van der Waals surface area contributed by atoms with Gasteiger partial charge in [0.15, 0.2) is 0 Å². The van der Waals surface area contributed by atoms with E-state index < -0.39 is 6.10 Å². The van der Waals surface area contributed by atoms with Crippen LogP contribution < -0.4 is 5.32 Å². The number of carbonyl (C=O) groups excluding carboxylic acids is 2. The normalized spacial score (nSPS) is 13.8. The Morgan fingerprint density at radius 1 is 1.07 bits per heavy atom. The van der Waals surface area contributed by atoms with E-state index in [9.17, 15) is 14.7 Å². The van der Waals surface area contributed by atoms with Crippen LogP contribution in [0.2, 0.25) is 0 Å². The van der Waals surface area contributed by atoms with Crippen molar-refractivity contribution in [1.82, 2.24) is 10.2 Å². The Labute approximate surface area is 270 Å². The van der Waals surface area contributed by atoms with Crippen LogP contribution in [0.4, 0.5) is 0 Å². The van der Waals surface area contributed by atoms with Crippen molar-refractivity contribution in [3.63, 3.8) is 0 Å². The summed E-state index contributed by atoms with van der Waals surface area (Å²) in [7, 11) is 2.99. The van der Waals surface area contributed by atoms with Gasteiger partial charge in [0.2, 0.25) is 6.41 Å². The molecule has 0 heterocycles. The van der Waals surface area contributed by atoms with Gasteiger partial charge >= 0.3 is 0 Å². The van der Waals surface area contributed by atoms with Gasteiger partial charge < -0.3 is 20.4 Å². The monoisotopic (exact) mass is 615 g/mol. The summed E-state index contributed by atoms with van der Waals surface area (Å²) in [6, 6.07) is 16.2. The number of hydrogen-bond acceptors (Lipinski definition) is 5. The zero-order valence-corrected chi connectivity index (χ0v) is 28.3. The van der Waals surface area contributed by atoms with Gasteiger partial charge in [-0.2, -0.15) is 0 Å². The van der Waals surface area contributed by atoms with E-state index in [1.54, 1.807) is 6.92 Å². The first kappa shape index (κ1) is 39.0. The number of aliphatic imine (C=N–C) groups is 1. The molecule has 0 spiro atoms. The van der Waals surface area contributed by atoms with Crippen molar-refractivity contribution in [3.8, 4) is 0 Å². The van der Waals surface area contributed by atoms with Crippen molar-refractivity contribution in [2.45, 2.75) is 85.8 Å². The number of aliphatic hydroxyl groups excluding tert-OH is 2. The first-order chi connectivity index (χ1) is 21.8. The highest BCUT2D eigenvalue weighted by Gasteiger charge is 2.15. The van der Waals surface area contributed by atoms with Gasteiger partial charge in [0.1, 0.15) is 12.1 Å². The molecule has 45 heavy (non-hydrogen) atoms. The summed E-state index contributed by atoms with van der Waals surface area (Å²) in [5, 5.41) is 19.6. The third-order valence-corrected chi connectivity index (χ3v) is 7.35. The summed E-state index contributed by atoms with van der Waals surface area (Å²) < 4.78 is 0. The van der Waals surface area contributed by atoms with Crippen LogP contribution in [0.5, 0.6) is 0 Å². The molecule has 1 atom stereocenters. The molecule has 7 heteroatoms. The molecule has 0 bridgehead atoms. The number of amides is 1. The van der Waals surface area contributed by atoms with Gasteiger partial charge in [-0.15, -0.1) is 0 Å². The Kier molecular flexibility index (Phi) is 18.7. The molecule has 1 unspecified atom stereocenters. The zero-order chi connectivity index (χ0) is 33.8. The number of benzene rings is 2. The van der Waals surface area contributed by atoms with E-state index in [2.05, 4.69) is 60.1 Å². The van der Waals surface area contributed by atoms with Gasteiger partial charge in [0.25, 0.3) is 0 Å². The molecule has 1 aliphatic carbocycles. The van der Waals surface area contributed by atoms with E-state index in [1.807, 2.05) is 52.1 Å². The van der Waals surface area contributed by atoms with Crippen LogP contribution in [0.3, 0.4) is 0 Å². The molecular formula is C38H53N3O4. The van der Waals surface area contributed by atoms with Crippen molar-refractivity contribution in [3.05, 3.63) is 112 Å². The van der Waals surface area contributed by atoms with Crippen LogP contribution in [0.1, 0.15) is 95.1 Å². The number of amidine groups is 1. The molecule has 7 nitrogen and oxygen atoms in total. The maximum atomic E-state index is 12.3. The molecule has 3 N–H and O–H groups in total. The first-order valence-electron chi connectivity index (χ1n) is 15.8. The Hall–Kier alpha value is -4.07. The summed E-state index contributed by atoms with van der Waals surface area (Å²) in [5.41, 5.74) is 8.16. The average Bonchev–Trinajstić information content (AvgIpc) is 3.07. The second-order valence-electron chi connectivity index (χ2n) is 10.6. The predicted octanol–water partition coefficient (Wildman–Crippen LogP) is 7.47. The summed E-state index contributed by atoms with van der Waals surface area (Å²) in [5.74, 6) is 0.834. The molecule has 2 aromatic rings. The molecule has 3 rings (SSSR count). The van der Waals surface area contributed by atoms with Crippen molar-refractivity contribution >= 4 is 24.1 Å². The number of carbonyl (C=O) groups is 2. The molecule has 0 radical (unpaired) electrons. The number of nitrogens with zero attached hydrogens (tertiary/aromatic N) is 2. The molecule has 244 valence electrons. The van der Waals surface area contributed by atoms with Gasteiger partial charge in [0, 0.05) is 49.7 Å². The van der Waals surface area contributed by atoms with E-state index in [0.717, 1.165) is 90.4 Å². The minimum atomic E-state index is -0.514. The van der Waals surface area contributed by atoms with Crippen LogP contribution in [-0.4, -0.2) is 47.8 Å². The lowest BCUT2D eigenvalue weighted by molar-refractivity contribution is -0.109.